The van der Waals surface area contributed by atoms with Gasteiger partial charge in [-0.25, -0.2) is 108 Å². The molecule has 28 aromatic rings. The minimum absolute atomic E-state index is 0.423. The summed E-state index contributed by atoms with van der Waals surface area (Å²) in [4.78, 5) is 85.4. The summed E-state index contributed by atoms with van der Waals surface area (Å²) < 4.78 is 49.9. The first-order valence-electron chi connectivity index (χ1n) is 46.3. The lowest BCUT2D eigenvalue weighted by Crippen LogP contribution is -2.45. The number of nitrogens with zero attached hydrogens (tertiary/aromatic N) is 38. The van der Waals surface area contributed by atoms with E-state index >= 15 is 0 Å². The second-order valence-corrected chi connectivity index (χ2v) is 37.2. The highest BCUT2D eigenvalue weighted by Crippen LogP contribution is 2.45. The van der Waals surface area contributed by atoms with Crippen LogP contribution in [-0.2, 0) is 0 Å². The largest absolute Gasteiger partial charge is 0.250 e. The van der Waals surface area contributed by atoms with Gasteiger partial charge in [0.05, 0.1) is 149 Å². The Morgan fingerprint density at radius 3 is 0.770 bits per heavy atom. The monoisotopic (exact) mass is 1980 g/mol. The lowest BCUT2D eigenvalue weighted by molar-refractivity contribution is 0.775. The van der Waals surface area contributed by atoms with E-state index in [9.17, 15) is 0 Å². The number of guanidine groups is 6. The molecule has 6 aliphatic heterocycles. The summed E-state index contributed by atoms with van der Waals surface area (Å²) >= 11 is 4.58. The van der Waals surface area contributed by atoms with Gasteiger partial charge in [-0.15, -0.1) is 10.2 Å². The van der Waals surface area contributed by atoms with Crippen LogP contribution in [0.25, 0.3) is 242 Å². The van der Waals surface area contributed by atoms with Crippen molar-refractivity contribution in [2.24, 2.45) is 59.9 Å². The Morgan fingerprint density at radius 1 is 0.203 bits per heavy atom. The van der Waals surface area contributed by atoms with E-state index in [1.54, 1.807) is 34.6 Å². The van der Waals surface area contributed by atoms with Crippen LogP contribution >= 0.6 is 46.9 Å². The Balaban J connectivity index is 0.000000101. The molecule has 6 aliphatic rings. The molecule has 148 heavy (non-hydrogen) atoms. The van der Waals surface area contributed by atoms with Crippen LogP contribution in [0.4, 0.5) is 0 Å². The zero-order valence-corrected chi connectivity index (χ0v) is 78.9. The van der Waals surface area contributed by atoms with Crippen molar-refractivity contribution in [1.29, 1.82) is 0 Å². The fraction of sp³-hybridized carbons (Fsp3) is 0. The zero-order valence-electron chi connectivity index (χ0n) is 75.6. The number of para-hydroxylation sites is 6. The molecule has 34 rings (SSSR count). The molecule has 38 nitrogen and oxygen atoms in total. The van der Waals surface area contributed by atoms with Crippen LogP contribution in [0.15, 0.2) is 352 Å². The molecule has 0 saturated heterocycles. The molecule has 0 N–H and O–H groups in total. The third kappa shape index (κ3) is 12.1. The number of aromatic nitrogens is 24. The van der Waals surface area contributed by atoms with Gasteiger partial charge in [0, 0.05) is 110 Å². The summed E-state index contributed by atoms with van der Waals surface area (Å²) in [6, 6.07) is 89.0. The van der Waals surface area contributed by atoms with E-state index in [-0.39, 0.29) is 0 Å². The highest BCUT2D eigenvalue weighted by molar-refractivity contribution is 7.01. The minimum atomic E-state index is 0.423. The fourth-order valence-electron chi connectivity index (χ4n) is 21.0. The van der Waals surface area contributed by atoms with Gasteiger partial charge in [0.2, 0.25) is 35.8 Å². The number of benzene rings is 14. The summed E-state index contributed by atoms with van der Waals surface area (Å²) in [5, 5.41) is 29.7. The molecule has 14 aromatic heterocycles. The maximum Gasteiger partial charge on any atom is 0.243 e. The van der Waals surface area contributed by atoms with E-state index < -0.39 is 0 Å². The molecule has 0 atom stereocenters. The molecular formula is C106H52N38S4. The van der Waals surface area contributed by atoms with Gasteiger partial charge in [0.1, 0.15) is 91.6 Å². The standard InChI is InChI=1S/C40H16N14S4.C36H18N16.C30H18N8/c1-3-7-25-19(5-1)21-13-17(23-15-41-29-31(43-23)35-39(51-57-47-35)37-33(29)45-55-49-37)9-11-27(21)53(25)54-26-8-4-2-6-20(26)22-14-18(10-12-28(22)54)24-16-42-30-32(44-24)36-40(52-58-48-36)38-34(30)46-56-50-38;1-3-7-25-21(5-1)23-13-19(29-45-33-41-15-37-31-38-16-42-34(46-29)49(31)33)9-11-27(23)51(25)52-26-8-4-2-6-22(26)24-14-20(10-12-28(24)52)30-47-35-43-17-39-32-40-18-44-36(48-30)50(32)35;1-3-7-25-21(5-1)23-17-19(29-31-13-15-33-35-29)9-11-27(23)37(25)38-26-8-4-2-6-22(26)24-18-20(10-12-28(24)38)30-32-14-16-34-36-30/h1-16H;1-18H;1-18H. The second-order valence-electron chi connectivity index (χ2n) is 35.1. The molecule has 0 radical (unpaired) electrons. The third-order valence-electron chi connectivity index (χ3n) is 27.3. The summed E-state index contributed by atoms with van der Waals surface area (Å²) in [6.45, 7) is 0. The average molecular weight is 1990 g/mol. The van der Waals surface area contributed by atoms with Crippen LogP contribution in [0.1, 0.15) is 11.1 Å². The van der Waals surface area contributed by atoms with Gasteiger partial charge < -0.3 is 0 Å². The molecule has 0 aliphatic carbocycles. The number of amidine groups is 2. The molecule has 690 valence electrons. The molecule has 42 heteroatoms. The van der Waals surface area contributed by atoms with Crippen molar-refractivity contribution < 1.29 is 0 Å². The van der Waals surface area contributed by atoms with E-state index in [0.717, 1.165) is 223 Å². The van der Waals surface area contributed by atoms with Gasteiger partial charge >= 0.3 is 0 Å². The van der Waals surface area contributed by atoms with Gasteiger partial charge in [0.25, 0.3) is 0 Å². The van der Waals surface area contributed by atoms with Crippen LogP contribution < -0.4 is 0 Å². The summed E-state index contributed by atoms with van der Waals surface area (Å²) in [6.07, 6.45) is 15.9. The lowest BCUT2D eigenvalue weighted by atomic mass is 10.1. The first-order chi connectivity index (χ1) is 73.4. The van der Waals surface area contributed by atoms with E-state index in [1.165, 1.54) is 25.4 Å². The molecular weight excluding hydrogens is 1930 g/mol. The molecule has 14 aromatic carbocycles. The summed E-state index contributed by atoms with van der Waals surface area (Å²) in [7, 11) is 0. The van der Waals surface area contributed by atoms with Crippen molar-refractivity contribution in [3.05, 3.63) is 303 Å². The Morgan fingerprint density at radius 2 is 0.459 bits per heavy atom. The van der Waals surface area contributed by atoms with E-state index in [2.05, 4.69) is 376 Å². The molecule has 0 fully saturated rings. The van der Waals surface area contributed by atoms with Crippen molar-refractivity contribution >= 4 is 317 Å². The van der Waals surface area contributed by atoms with Gasteiger partial charge in [-0.2, -0.15) is 65.2 Å². The summed E-state index contributed by atoms with van der Waals surface area (Å²) in [5.41, 5.74) is 28.0. The van der Waals surface area contributed by atoms with Gasteiger partial charge in [-0.3, -0.25) is 0 Å². The van der Waals surface area contributed by atoms with E-state index in [0.29, 0.717) is 125 Å². The zero-order chi connectivity index (χ0) is 96.6. The Bertz CT molecular complexity index is 10600. The number of fused-ring (bicyclic) bond motifs is 30. The first-order valence-corrected chi connectivity index (χ1v) is 49.3. The fourth-order valence-corrected chi connectivity index (χ4v) is 23.2. The van der Waals surface area contributed by atoms with Crippen molar-refractivity contribution in [3.8, 4) is 45.3 Å². The van der Waals surface area contributed by atoms with Crippen molar-refractivity contribution in [2.75, 3.05) is 0 Å². The number of hydrogen-bond acceptors (Lipinski definition) is 36. The Labute approximate surface area is 842 Å². The number of hydrogen-bond donors (Lipinski definition) is 0. The smallest absolute Gasteiger partial charge is 0.243 e. The summed E-state index contributed by atoms with van der Waals surface area (Å²) in [5.74, 6) is 4.79. The maximum atomic E-state index is 5.12. The van der Waals surface area contributed by atoms with Gasteiger partial charge in [-0.1, -0.05) is 121 Å². The van der Waals surface area contributed by atoms with Crippen molar-refractivity contribution in [1.82, 2.24) is 123 Å². The molecule has 20 heterocycles. The average Bonchev–Trinajstić information content (AvgIpc) is 1.56. The predicted octanol–water partition coefficient (Wildman–Crippen LogP) is 20.0. The van der Waals surface area contributed by atoms with Crippen LogP contribution in [0, 0.1) is 0 Å². The molecule has 0 unspecified atom stereocenters. The highest BCUT2D eigenvalue weighted by Gasteiger charge is 2.36. The predicted molar refractivity (Wildman–Crippen MR) is 583 cm³/mol. The van der Waals surface area contributed by atoms with E-state index in [4.69, 9.17) is 39.9 Å². The van der Waals surface area contributed by atoms with Crippen LogP contribution in [0.3, 0.4) is 0 Å². The Hall–Kier alpha value is -20.5. The van der Waals surface area contributed by atoms with Gasteiger partial charge in [0.15, 0.2) is 23.3 Å². The van der Waals surface area contributed by atoms with Crippen LogP contribution in [0.2, 0.25) is 0 Å². The second kappa shape index (κ2) is 31.5. The molecule has 0 saturated carbocycles. The van der Waals surface area contributed by atoms with Crippen LogP contribution in [-0.4, -0.2) is 196 Å². The maximum absolute atomic E-state index is 5.12. The van der Waals surface area contributed by atoms with Gasteiger partial charge in [-0.05, 0) is 133 Å². The minimum Gasteiger partial charge on any atom is -0.250 e. The highest BCUT2D eigenvalue weighted by atomic mass is 32.1. The quantitative estimate of drug-likeness (QED) is 0.129. The Kier molecular flexibility index (Phi) is 17.3. The van der Waals surface area contributed by atoms with Crippen molar-refractivity contribution in [3.63, 3.8) is 0 Å². The lowest BCUT2D eigenvalue weighted by Gasteiger charge is -2.27. The normalized spacial score (nSPS) is 14.3. The van der Waals surface area contributed by atoms with E-state index in [1.807, 2.05) is 24.5 Å². The van der Waals surface area contributed by atoms with Crippen molar-refractivity contribution in [2.45, 2.75) is 0 Å². The number of aliphatic imine (C=N–C) groups is 12. The SMILES string of the molecule is C1=NC2=NC=NC3=NC(c4ccc5c(c4)c4ccccc4n5-n4c5ccccc5c5cc(C6=NC7=NC=NC8=NC=NC(=N6)N87)ccc54)=NC(=N1)N23.c1ccc2c(c1)c1cc(-c3cnc4c5nsnc5c5nsnc5c4n3)ccc1n2-n1c2ccccc2c2cc(-c3cnc4c5nsnc5c5nsnc5c4n3)ccc21.c1ccc2c(c1)c1cc(-c3nccnn3)ccc1n2-n1c2ccccc2c2cc(-c3nccnn3)ccc21. The third-order valence-corrected chi connectivity index (χ3v) is 29.4. The molecule has 0 amide bonds. The number of rotatable bonds is 9. The van der Waals surface area contributed by atoms with Crippen LogP contribution in [0.5, 0.6) is 0 Å². The first kappa shape index (κ1) is 81.2. The molecule has 0 bridgehead atoms. The topological polar surface area (TPSA) is 416 Å². The molecule has 0 spiro atoms.